The quantitative estimate of drug-likeness (QED) is 0.677. The molecule has 15 heavy (non-hydrogen) atoms. The lowest BCUT2D eigenvalue weighted by molar-refractivity contribution is 0.215. The zero-order valence-corrected chi connectivity index (χ0v) is 9.15. The van der Waals surface area contributed by atoms with Gasteiger partial charge in [0.05, 0.1) is 18.9 Å². The molecule has 1 aromatic heterocycles. The number of allylic oxidation sites excluding steroid dienone is 1. The fourth-order valence-corrected chi connectivity index (χ4v) is 1.51. The highest BCUT2D eigenvalue weighted by atomic mass is 16.3. The molecular weight excluding hydrogens is 190 g/mol. The average molecular weight is 209 g/mol. The molecule has 3 heteroatoms. The van der Waals surface area contributed by atoms with Crippen molar-refractivity contribution in [1.29, 1.82) is 0 Å². The predicted octanol–water partition coefficient (Wildman–Crippen LogP) is 2.26. The van der Waals surface area contributed by atoms with Crippen molar-refractivity contribution in [1.82, 2.24) is 5.32 Å². The molecular formula is C12H19NO2. The molecule has 0 bridgehead atoms. The van der Waals surface area contributed by atoms with Gasteiger partial charge in [-0.3, -0.25) is 0 Å². The molecule has 0 spiro atoms. The Bertz CT molecular complexity index is 269. The first-order valence-electron chi connectivity index (χ1n) is 5.29. The number of furan rings is 1. The zero-order chi connectivity index (χ0) is 11.1. The Balaban J connectivity index is 2.43. The third-order valence-corrected chi connectivity index (χ3v) is 2.36. The lowest BCUT2D eigenvalue weighted by Crippen LogP contribution is -2.32. The van der Waals surface area contributed by atoms with E-state index in [0.717, 1.165) is 18.6 Å². The van der Waals surface area contributed by atoms with Crippen LogP contribution in [0.2, 0.25) is 0 Å². The number of hydrogen-bond donors (Lipinski definition) is 2. The van der Waals surface area contributed by atoms with Gasteiger partial charge in [-0.15, -0.1) is 6.58 Å². The maximum absolute atomic E-state index is 9.23. The minimum atomic E-state index is -0.111. The molecule has 1 rings (SSSR count). The molecule has 0 aliphatic carbocycles. The van der Waals surface area contributed by atoms with Crippen molar-refractivity contribution in [3.63, 3.8) is 0 Å². The van der Waals surface area contributed by atoms with E-state index < -0.39 is 0 Å². The van der Waals surface area contributed by atoms with Crippen molar-refractivity contribution < 1.29 is 9.52 Å². The minimum Gasteiger partial charge on any atom is -0.468 e. The standard InChI is InChI=1S/C12H19NO2/c1-3-4-6-10(2)13-11(9-14)12-7-5-8-15-12/h3,5,7-8,10-11,13-14H,1,4,6,9H2,2H3. The van der Waals surface area contributed by atoms with Crippen molar-refractivity contribution in [3.8, 4) is 0 Å². The van der Waals surface area contributed by atoms with Gasteiger partial charge in [0.2, 0.25) is 0 Å². The molecule has 2 atom stereocenters. The Hall–Kier alpha value is -1.06. The van der Waals surface area contributed by atoms with Gasteiger partial charge in [0.15, 0.2) is 0 Å². The summed E-state index contributed by atoms with van der Waals surface area (Å²) in [7, 11) is 0. The highest BCUT2D eigenvalue weighted by molar-refractivity contribution is 5.04. The summed E-state index contributed by atoms with van der Waals surface area (Å²) in [4.78, 5) is 0. The lowest BCUT2D eigenvalue weighted by Gasteiger charge is -2.19. The maximum Gasteiger partial charge on any atom is 0.123 e. The first-order valence-corrected chi connectivity index (χ1v) is 5.29. The van der Waals surface area contributed by atoms with Crippen molar-refractivity contribution in [3.05, 3.63) is 36.8 Å². The zero-order valence-electron chi connectivity index (χ0n) is 9.15. The van der Waals surface area contributed by atoms with E-state index in [1.807, 2.05) is 18.2 Å². The molecule has 1 aromatic rings. The molecule has 1 heterocycles. The summed E-state index contributed by atoms with van der Waals surface area (Å²) in [5.74, 6) is 0.781. The summed E-state index contributed by atoms with van der Waals surface area (Å²) in [5, 5.41) is 12.5. The van der Waals surface area contributed by atoms with E-state index in [4.69, 9.17) is 4.42 Å². The number of nitrogens with one attached hydrogen (secondary N) is 1. The van der Waals surface area contributed by atoms with Crippen LogP contribution in [0.4, 0.5) is 0 Å². The van der Waals surface area contributed by atoms with Crippen LogP contribution in [-0.2, 0) is 0 Å². The number of aliphatic hydroxyl groups is 1. The van der Waals surface area contributed by atoms with Gasteiger partial charge in [0.1, 0.15) is 5.76 Å². The summed E-state index contributed by atoms with van der Waals surface area (Å²) in [6.45, 7) is 5.83. The molecule has 0 amide bonds. The molecule has 84 valence electrons. The predicted molar refractivity (Wildman–Crippen MR) is 60.6 cm³/mol. The first-order chi connectivity index (χ1) is 7.27. The van der Waals surface area contributed by atoms with Crippen LogP contribution >= 0.6 is 0 Å². The lowest BCUT2D eigenvalue weighted by atomic mass is 10.1. The molecule has 0 saturated carbocycles. The average Bonchev–Trinajstić information content (AvgIpc) is 2.76. The molecule has 0 fully saturated rings. The smallest absolute Gasteiger partial charge is 0.123 e. The van der Waals surface area contributed by atoms with E-state index in [2.05, 4.69) is 18.8 Å². The summed E-state index contributed by atoms with van der Waals surface area (Å²) in [5.41, 5.74) is 0. The van der Waals surface area contributed by atoms with Crippen LogP contribution in [0.5, 0.6) is 0 Å². The van der Waals surface area contributed by atoms with Crippen molar-refractivity contribution in [2.75, 3.05) is 6.61 Å². The van der Waals surface area contributed by atoms with Crippen LogP contribution in [0.15, 0.2) is 35.5 Å². The maximum atomic E-state index is 9.23. The van der Waals surface area contributed by atoms with Crippen LogP contribution in [0, 0.1) is 0 Å². The van der Waals surface area contributed by atoms with Crippen LogP contribution in [0.3, 0.4) is 0 Å². The van der Waals surface area contributed by atoms with Gasteiger partial charge < -0.3 is 14.8 Å². The number of hydrogen-bond acceptors (Lipinski definition) is 3. The normalized spacial score (nSPS) is 14.8. The van der Waals surface area contributed by atoms with Crippen molar-refractivity contribution in [2.45, 2.75) is 31.8 Å². The third-order valence-electron chi connectivity index (χ3n) is 2.36. The Morgan fingerprint density at radius 1 is 1.67 bits per heavy atom. The van der Waals surface area contributed by atoms with Gasteiger partial charge in [-0.2, -0.15) is 0 Å². The van der Waals surface area contributed by atoms with E-state index in [1.54, 1.807) is 6.26 Å². The second-order valence-corrected chi connectivity index (χ2v) is 3.68. The second-order valence-electron chi connectivity index (χ2n) is 3.68. The van der Waals surface area contributed by atoms with Crippen LogP contribution in [-0.4, -0.2) is 17.8 Å². The van der Waals surface area contributed by atoms with Crippen molar-refractivity contribution in [2.24, 2.45) is 0 Å². The molecule has 2 unspecified atom stereocenters. The van der Waals surface area contributed by atoms with Gasteiger partial charge in [0, 0.05) is 6.04 Å². The molecule has 0 aliphatic rings. The Kier molecular flexibility index (Phi) is 5.15. The van der Waals surface area contributed by atoms with Crippen LogP contribution < -0.4 is 5.32 Å². The second kappa shape index (κ2) is 6.43. The molecule has 0 saturated heterocycles. The fraction of sp³-hybridized carbons (Fsp3) is 0.500. The highest BCUT2D eigenvalue weighted by Gasteiger charge is 2.14. The Morgan fingerprint density at radius 3 is 3.00 bits per heavy atom. The van der Waals surface area contributed by atoms with E-state index >= 15 is 0 Å². The highest BCUT2D eigenvalue weighted by Crippen LogP contribution is 2.14. The monoisotopic (exact) mass is 209 g/mol. The van der Waals surface area contributed by atoms with Gasteiger partial charge in [0.25, 0.3) is 0 Å². The molecule has 0 aliphatic heterocycles. The molecule has 3 nitrogen and oxygen atoms in total. The first kappa shape index (κ1) is 12.0. The van der Waals surface area contributed by atoms with Gasteiger partial charge in [-0.05, 0) is 31.9 Å². The van der Waals surface area contributed by atoms with Gasteiger partial charge >= 0.3 is 0 Å². The van der Waals surface area contributed by atoms with Crippen LogP contribution in [0.1, 0.15) is 31.6 Å². The minimum absolute atomic E-state index is 0.0476. The summed E-state index contributed by atoms with van der Waals surface area (Å²) < 4.78 is 5.25. The third kappa shape index (κ3) is 3.90. The van der Waals surface area contributed by atoms with E-state index in [0.29, 0.717) is 6.04 Å². The summed E-state index contributed by atoms with van der Waals surface area (Å²) >= 11 is 0. The van der Waals surface area contributed by atoms with Crippen LogP contribution in [0.25, 0.3) is 0 Å². The number of rotatable bonds is 7. The number of aliphatic hydroxyl groups excluding tert-OH is 1. The summed E-state index contributed by atoms with van der Waals surface area (Å²) in [6.07, 6.45) is 5.51. The van der Waals surface area contributed by atoms with Gasteiger partial charge in [-0.25, -0.2) is 0 Å². The van der Waals surface area contributed by atoms with Gasteiger partial charge in [-0.1, -0.05) is 6.08 Å². The Labute approximate surface area is 90.8 Å². The fourth-order valence-electron chi connectivity index (χ4n) is 1.51. The summed E-state index contributed by atoms with van der Waals surface area (Å²) in [6, 6.07) is 3.92. The molecule has 2 N–H and O–H groups in total. The van der Waals surface area contributed by atoms with Crippen molar-refractivity contribution >= 4 is 0 Å². The molecule has 0 aromatic carbocycles. The Morgan fingerprint density at radius 2 is 2.47 bits per heavy atom. The largest absolute Gasteiger partial charge is 0.468 e. The van der Waals surface area contributed by atoms with E-state index in [-0.39, 0.29) is 12.6 Å². The molecule has 0 radical (unpaired) electrons. The SMILES string of the molecule is C=CCCC(C)NC(CO)c1ccco1. The van der Waals surface area contributed by atoms with E-state index in [1.165, 1.54) is 0 Å². The topological polar surface area (TPSA) is 45.4 Å². The van der Waals surface area contributed by atoms with E-state index in [9.17, 15) is 5.11 Å².